The second kappa shape index (κ2) is 11.5. The van der Waals surface area contributed by atoms with Crippen molar-refractivity contribution in [3.63, 3.8) is 0 Å². The van der Waals surface area contributed by atoms with Gasteiger partial charge in [0.05, 0.1) is 22.9 Å². The number of para-hydroxylation sites is 1. The van der Waals surface area contributed by atoms with Crippen molar-refractivity contribution in [2.75, 3.05) is 25.5 Å². The van der Waals surface area contributed by atoms with Crippen LogP contribution < -0.4 is 4.90 Å². The molecule has 2 atom stereocenters. The van der Waals surface area contributed by atoms with Crippen molar-refractivity contribution in [2.24, 2.45) is 5.92 Å². The summed E-state index contributed by atoms with van der Waals surface area (Å²) in [4.78, 5) is 31.3. The van der Waals surface area contributed by atoms with Crippen LogP contribution in [-0.4, -0.2) is 47.0 Å². The molecule has 218 valence electrons. The number of carbonyl (C=O) groups excluding carboxylic acids is 2. The summed E-state index contributed by atoms with van der Waals surface area (Å²) >= 11 is 0. The molecule has 1 aromatic heterocycles. The lowest BCUT2D eigenvalue weighted by Gasteiger charge is -2.38. The number of benzene rings is 3. The Bertz CT molecular complexity index is 1600. The number of aromatic nitrogens is 2. The van der Waals surface area contributed by atoms with Gasteiger partial charge in [-0.2, -0.15) is 18.3 Å². The van der Waals surface area contributed by atoms with Crippen LogP contribution in [0.1, 0.15) is 52.0 Å². The van der Waals surface area contributed by atoms with Crippen molar-refractivity contribution in [1.29, 1.82) is 0 Å². The molecule has 0 N–H and O–H groups in total. The molecule has 0 bridgehead atoms. The lowest BCUT2D eigenvalue weighted by Crippen LogP contribution is -2.45. The van der Waals surface area contributed by atoms with E-state index >= 15 is 0 Å². The molecule has 5 rings (SSSR count). The Morgan fingerprint density at radius 2 is 1.67 bits per heavy atom. The van der Waals surface area contributed by atoms with Gasteiger partial charge < -0.3 is 4.90 Å². The van der Waals surface area contributed by atoms with Crippen molar-refractivity contribution in [2.45, 2.75) is 32.0 Å². The van der Waals surface area contributed by atoms with Crippen LogP contribution in [0.15, 0.2) is 78.9 Å². The lowest BCUT2D eigenvalue weighted by molar-refractivity contribution is -0.137. The van der Waals surface area contributed by atoms with Gasteiger partial charge in [-0.3, -0.25) is 14.5 Å². The van der Waals surface area contributed by atoms with E-state index in [9.17, 15) is 27.2 Å². The van der Waals surface area contributed by atoms with Crippen molar-refractivity contribution in [1.82, 2.24) is 14.7 Å². The van der Waals surface area contributed by atoms with Crippen molar-refractivity contribution in [3.8, 4) is 5.69 Å². The fraction of sp³-hybridized carbons (Fsp3) is 0.281. The number of hydrogen-bond donors (Lipinski definition) is 0. The molecule has 2 heterocycles. The van der Waals surface area contributed by atoms with E-state index in [2.05, 4.69) is 0 Å². The minimum absolute atomic E-state index is 0.127. The molecule has 42 heavy (non-hydrogen) atoms. The molecule has 0 unspecified atom stereocenters. The van der Waals surface area contributed by atoms with Crippen LogP contribution in [0.3, 0.4) is 0 Å². The van der Waals surface area contributed by atoms with Crippen LogP contribution in [0, 0.1) is 11.7 Å². The maximum absolute atomic E-state index is 14.2. The number of ketones is 1. The maximum Gasteiger partial charge on any atom is 0.416 e. The predicted octanol–water partition coefficient (Wildman–Crippen LogP) is 6.48. The fourth-order valence-electron chi connectivity index (χ4n) is 5.62. The number of fused-ring (bicyclic) bond motifs is 1. The molecule has 1 aliphatic heterocycles. The van der Waals surface area contributed by atoms with Gasteiger partial charge in [-0.15, -0.1) is 0 Å². The van der Waals surface area contributed by atoms with Crippen LogP contribution in [0.25, 0.3) is 5.69 Å². The summed E-state index contributed by atoms with van der Waals surface area (Å²) in [6.07, 6.45) is -4.95. The summed E-state index contributed by atoms with van der Waals surface area (Å²) < 4.78 is 56.0. The SMILES string of the molecule is CCN1C(=O)[C@@H](CC(=O)c2cccc(C(F)(F)F)c2)[C@@H](c2ccc(F)cc2)c2c(CN(C)C)nn(-c3ccccc3)c21. The topological polar surface area (TPSA) is 58.4 Å². The Labute approximate surface area is 241 Å². The summed E-state index contributed by atoms with van der Waals surface area (Å²) in [6.45, 7) is 2.51. The number of halogens is 4. The first kappa shape index (κ1) is 29.2. The highest BCUT2D eigenvalue weighted by molar-refractivity contribution is 6.04. The average molecular weight is 579 g/mol. The first-order valence-corrected chi connectivity index (χ1v) is 13.6. The predicted molar refractivity (Wildman–Crippen MR) is 151 cm³/mol. The minimum atomic E-state index is -4.62. The summed E-state index contributed by atoms with van der Waals surface area (Å²) in [5, 5.41) is 4.94. The maximum atomic E-state index is 14.2. The van der Waals surface area contributed by atoms with Gasteiger partial charge in [0.1, 0.15) is 11.6 Å². The molecule has 3 aromatic carbocycles. The Morgan fingerprint density at radius 3 is 2.29 bits per heavy atom. The number of alkyl halides is 3. The summed E-state index contributed by atoms with van der Waals surface area (Å²) in [5.41, 5.74) is 1.68. The van der Waals surface area contributed by atoms with Crippen LogP contribution >= 0.6 is 0 Å². The molecule has 0 saturated heterocycles. The van der Waals surface area contributed by atoms with Crippen LogP contribution in [0.4, 0.5) is 23.4 Å². The van der Waals surface area contributed by atoms with Crippen LogP contribution in [0.2, 0.25) is 0 Å². The molecular weight excluding hydrogens is 548 g/mol. The normalized spacial score (nSPS) is 17.0. The molecular formula is C32H30F4N4O2. The molecule has 0 spiro atoms. The molecule has 1 aliphatic rings. The molecule has 0 fully saturated rings. The zero-order valence-corrected chi connectivity index (χ0v) is 23.4. The zero-order valence-electron chi connectivity index (χ0n) is 23.4. The van der Waals surface area contributed by atoms with Crippen LogP contribution in [-0.2, 0) is 17.5 Å². The number of amides is 1. The van der Waals surface area contributed by atoms with E-state index in [-0.39, 0.29) is 24.4 Å². The first-order valence-electron chi connectivity index (χ1n) is 13.6. The van der Waals surface area contributed by atoms with Gasteiger partial charge in [0.25, 0.3) is 0 Å². The third kappa shape index (κ3) is 5.59. The molecule has 0 saturated carbocycles. The molecule has 6 nitrogen and oxygen atoms in total. The number of hydrogen-bond acceptors (Lipinski definition) is 4. The number of Topliss-reactive ketones (excluding diaryl/α,β-unsaturated/α-hetero) is 1. The largest absolute Gasteiger partial charge is 0.416 e. The molecule has 4 aromatic rings. The third-order valence-electron chi connectivity index (χ3n) is 7.45. The van der Waals surface area contributed by atoms with Crippen molar-refractivity contribution in [3.05, 3.63) is 113 Å². The molecule has 0 aliphatic carbocycles. The van der Waals surface area contributed by atoms with Gasteiger partial charge in [0, 0.05) is 36.6 Å². The molecule has 0 radical (unpaired) electrons. The van der Waals surface area contributed by atoms with Crippen molar-refractivity contribution < 1.29 is 27.2 Å². The van der Waals surface area contributed by atoms with E-state index in [1.807, 2.05) is 56.3 Å². The first-order chi connectivity index (χ1) is 20.0. The number of nitrogens with zero attached hydrogens (tertiary/aromatic N) is 4. The minimum Gasteiger partial charge on any atom is -0.303 e. The number of anilines is 1. The van der Waals surface area contributed by atoms with Gasteiger partial charge in [-0.25, -0.2) is 9.07 Å². The van der Waals surface area contributed by atoms with E-state index in [1.165, 1.54) is 24.3 Å². The highest BCUT2D eigenvalue weighted by Crippen LogP contribution is 2.48. The lowest BCUT2D eigenvalue weighted by atomic mass is 9.74. The van der Waals surface area contributed by atoms with Gasteiger partial charge in [0.15, 0.2) is 5.78 Å². The Morgan fingerprint density at radius 1 is 0.976 bits per heavy atom. The zero-order chi connectivity index (χ0) is 30.2. The van der Waals surface area contributed by atoms with Gasteiger partial charge >= 0.3 is 6.18 Å². The second-order valence-corrected chi connectivity index (χ2v) is 10.6. The highest BCUT2D eigenvalue weighted by Gasteiger charge is 2.46. The van der Waals surface area contributed by atoms with E-state index in [1.54, 1.807) is 21.7 Å². The fourth-order valence-corrected chi connectivity index (χ4v) is 5.62. The number of rotatable bonds is 8. The summed E-state index contributed by atoms with van der Waals surface area (Å²) in [6, 6.07) is 19.3. The summed E-state index contributed by atoms with van der Waals surface area (Å²) in [7, 11) is 3.78. The van der Waals surface area contributed by atoms with Crippen LogP contribution in [0.5, 0.6) is 0 Å². The van der Waals surface area contributed by atoms with Gasteiger partial charge in [-0.1, -0.05) is 42.5 Å². The smallest absolute Gasteiger partial charge is 0.303 e. The van der Waals surface area contributed by atoms with E-state index in [0.29, 0.717) is 23.6 Å². The Balaban J connectivity index is 1.70. The van der Waals surface area contributed by atoms with Gasteiger partial charge in [-0.05, 0) is 63.0 Å². The van der Waals surface area contributed by atoms with E-state index in [4.69, 9.17) is 5.10 Å². The van der Waals surface area contributed by atoms with E-state index < -0.39 is 35.2 Å². The average Bonchev–Trinajstić information content (AvgIpc) is 3.32. The Hall–Kier alpha value is -4.31. The highest BCUT2D eigenvalue weighted by atomic mass is 19.4. The van der Waals surface area contributed by atoms with E-state index in [0.717, 1.165) is 23.4 Å². The van der Waals surface area contributed by atoms with Crippen molar-refractivity contribution >= 4 is 17.5 Å². The monoisotopic (exact) mass is 578 g/mol. The second-order valence-electron chi connectivity index (χ2n) is 10.6. The molecule has 10 heteroatoms. The summed E-state index contributed by atoms with van der Waals surface area (Å²) in [5.74, 6) is -2.50. The quantitative estimate of drug-likeness (QED) is 0.177. The standard InChI is InChI=1S/C32H30F4N4O2/c1-4-39-30-29(26(19-38(2)3)37-40(30)24-11-6-5-7-12-24)28(20-13-15-23(33)16-14-20)25(31(39)42)18-27(41)21-9-8-10-22(17-21)32(34,35)36/h5-17,25,28H,4,18-19H2,1-3H3/t25-,28+/m0/s1. The third-order valence-corrected chi connectivity index (χ3v) is 7.45. The molecule has 1 amide bonds. The number of carbonyl (C=O) groups is 2. The van der Waals surface area contributed by atoms with Gasteiger partial charge in [0.2, 0.25) is 5.91 Å². The Kier molecular flexibility index (Phi) is 8.01.